The maximum absolute atomic E-state index is 12.8. The summed E-state index contributed by atoms with van der Waals surface area (Å²) >= 11 is 5.86. The maximum atomic E-state index is 12.8. The Morgan fingerprint density at radius 3 is 2.91 bits per heavy atom. The van der Waals surface area contributed by atoms with Crippen LogP contribution in [0.2, 0.25) is 5.15 Å². The van der Waals surface area contributed by atoms with Crippen LogP contribution in [0.3, 0.4) is 0 Å². The Morgan fingerprint density at radius 1 is 1.30 bits per heavy atom. The molecule has 0 spiro atoms. The highest BCUT2D eigenvalue weighted by molar-refractivity contribution is 6.30. The third-order valence-electron chi connectivity index (χ3n) is 3.65. The number of methoxy groups -OCH3 is 1. The maximum Gasteiger partial charge on any atom is 0.213 e. The van der Waals surface area contributed by atoms with Gasteiger partial charge in [-0.3, -0.25) is 4.79 Å². The molecule has 6 heteroatoms. The van der Waals surface area contributed by atoms with Crippen molar-refractivity contribution in [3.8, 4) is 0 Å². The van der Waals surface area contributed by atoms with Gasteiger partial charge in [0, 0.05) is 49.0 Å². The van der Waals surface area contributed by atoms with Crippen molar-refractivity contribution in [1.29, 1.82) is 0 Å². The highest BCUT2D eigenvalue weighted by Crippen LogP contribution is 2.24. The predicted octanol–water partition coefficient (Wildman–Crippen LogP) is 3.35. The first-order chi connectivity index (χ1) is 11.2. The van der Waals surface area contributed by atoms with E-state index in [4.69, 9.17) is 16.3 Å². The Bertz CT molecular complexity index is 845. The molecule has 3 rings (SSSR count). The van der Waals surface area contributed by atoms with E-state index in [0.717, 1.165) is 23.9 Å². The minimum Gasteiger partial charge on any atom is -0.385 e. The number of benzene rings is 1. The summed E-state index contributed by atoms with van der Waals surface area (Å²) in [6.45, 7) is 1.46. The zero-order chi connectivity index (χ0) is 16.2. The topological polar surface area (TPSA) is 57.0 Å². The molecule has 0 aliphatic heterocycles. The molecule has 3 aromatic rings. The van der Waals surface area contributed by atoms with Gasteiger partial charge in [-0.05, 0) is 12.5 Å². The highest BCUT2D eigenvalue weighted by atomic mass is 35.5. The predicted molar refractivity (Wildman–Crippen MR) is 88.9 cm³/mol. The van der Waals surface area contributed by atoms with Gasteiger partial charge in [-0.15, -0.1) is 0 Å². The summed E-state index contributed by atoms with van der Waals surface area (Å²) in [6.07, 6.45) is 4.05. The number of carbonyl (C=O) groups is 1. The number of nitrogens with zero attached hydrogens (tertiary/aromatic N) is 3. The number of hydrogen-bond donors (Lipinski definition) is 0. The average Bonchev–Trinajstić information content (AvgIpc) is 2.93. The summed E-state index contributed by atoms with van der Waals surface area (Å²) in [6, 6.07) is 9.32. The van der Waals surface area contributed by atoms with E-state index >= 15 is 0 Å². The van der Waals surface area contributed by atoms with Crippen LogP contribution in [0, 0.1) is 0 Å². The number of rotatable bonds is 6. The van der Waals surface area contributed by atoms with Crippen molar-refractivity contribution in [3.63, 3.8) is 0 Å². The molecule has 2 heterocycles. The number of ketones is 1. The summed E-state index contributed by atoms with van der Waals surface area (Å²) in [7, 11) is 1.68. The Kier molecular flexibility index (Phi) is 4.69. The van der Waals surface area contributed by atoms with Gasteiger partial charge in [-0.2, -0.15) is 0 Å². The van der Waals surface area contributed by atoms with E-state index in [1.54, 1.807) is 7.11 Å². The summed E-state index contributed by atoms with van der Waals surface area (Å²) in [5.74, 6) is -0.156. The van der Waals surface area contributed by atoms with Crippen LogP contribution in [0.4, 0.5) is 0 Å². The molecule has 0 atom stereocenters. The average molecular weight is 330 g/mol. The Hall–Kier alpha value is -2.24. The molecular formula is C17H16ClN3O2. The molecule has 0 amide bonds. The zero-order valence-corrected chi connectivity index (χ0v) is 13.5. The smallest absolute Gasteiger partial charge is 0.213 e. The number of halogens is 1. The first kappa shape index (κ1) is 15.6. The molecule has 0 fully saturated rings. The molecular weight excluding hydrogens is 314 g/mol. The summed E-state index contributed by atoms with van der Waals surface area (Å²) < 4.78 is 7.17. The normalized spacial score (nSPS) is 11.0. The van der Waals surface area contributed by atoms with Crippen molar-refractivity contribution in [2.75, 3.05) is 13.7 Å². The van der Waals surface area contributed by atoms with Gasteiger partial charge in [0.05, 0.1) is 0 Å². The fourth-order valence-corrected chi connectivity index (χ4v) is 2.73. The lowest BCUT2D eigenvalue weighted by Gasteiger charge is -2.04. The van der Waals surface area contributed by atoms with Crippen molar-refractivity contribution in [1.82, 2.24) is 14.5 Å². The molecule has 0 aliphatic rings. The standard InChI is InChI=1S/C17H16ClN3O2/c1-23-8-4-7-21-10-13(12-5-2-3-6-15(12)21)17(22)14-9-16(18)20-11-19-14/h2-3,5-6,9-11H,4,7-8H2,1H3. The van der Waals surface area contributed by atoms with E-state index < -0.39 is 0 Å². The molecule has 0 saturated carbocycles. The molecule has 0 saturated heterocycles. The Balaban J connectivity index is 2.02. The van der Waals surface area contributed by atoms with E-state index in [1.165, 1.54) is 12.4 Å². The highest BCUT2D eigenvalue weighted by Gasteiger charge is 2.18. The molecule has 0 unspecified atom stereocenters. The van der Waals surface area contributed by atoms with Crippen molar-refractivity contribution < 1.29 is 9.53 Å². The number of fused-ring (bicyclic) bond motifs is 1. The molecule has 23 heavy (non-hydrogen) atoms. The second-order valence-electron chi connectivity index (χ2n) is 5.15. The van der Waals surface area contributed by atoms with Crippen LogP contribution in [-0.2, 0) is 11.3 Å². The zero-order valence-electron chi connectivity index (χ0n) is 12.7. The van der Waals surface area contributed by atoms with E-state index in [1.807, 2.05) is 30.5 Å². The van der Waals surface area contributed by atoms with Crippen LogP contribution in [0.15, 0.2) is 42.9 Å². The van der Waals surface area contributed by atoms with E-state index in [9.17, 15) is 4.79 Å². The molecule has 0 bridgehead atoms. The van der Waals surface area contributed by atoms with Gasteiger partial charge in [-0.25, -0.2) is 9.97 Å². The molecule has 0 aliphatic carbocycles. The molecule has 1 aromatic carbocycles. The molecule has 118 valence electrons. The third-order valence-corrected chi connectivity index (χ3v) is 3.85. The van der Waals surface area contributed by atoms with Crippen LogP contribution < -0.4 is 0 Å². The first-order valence-electron chi connectivity index (χ1n) is 7.30. The van der Waals surface area contributed by atoms with Crippen LogP contribution in [0.5, 0.6) is 0 Å². The van der Waals surface area contributed by atoms with Gasteiger partial charge in [0.25, 0.3) is 0 Å². The number of para-hydroxylation sites is 1. The van der Waals surface area contributed by atoms with E-state index in [2.05, 4.69) is 14.5 Å². The van der Waals surface area contributed by atoms with Crippen molar-refractivity contribution in [3.05, 3.63) is 59.3 Å². The van der Waals surface area contributed by atoms with Crippen molar-refractivity contribution >= 4 is 28.3 Å². The fraction of sp³-hybridized carbons (Fsp3) is 0.235. The second-order valence-corrected chi connectivity index (χ2v) is 5.54. The lowest BCUT2D eigenvalue weighted by Crippen LogP contribution is -2.04. The van der Waals surface area contributed by atoms with Gasteiger partial charge < -0.3 is 9.30 Å². The number of hydrogen-bond acceptors (Lipinski definition) is 4. The Morgan fingerprint density at radius 2 is 2.13 bits per heavy atom. The monoisotopic (exact) mass is 329 g/mol. The number of aryl methyl sites for hydroxylation is 1. The van der Waals surface area contributed by atoms with Crippen molar-refractivity contribution in [2.45, 2.75) is 13.0 Å². The van der Waals surface area contributed by atoms with Crippen LogP contribution in [-0.4, -0.2) is 34.0 Å². The SMILES string of the molecule is COCCCn1cc(C(=O)c2cc(Cl)ncn2)c2ccccc21. The number of aromatic nitrogens is 3. The summed E-state index contributed by atoms with van der Waals surface area (Å²) in [5, 5.41) is 1.16. The quantitative estimate of drug-likeness (QED) is 0.395. The van der Waals surface area contributed by atoms with Gasteiger partial charge in [0.2, 0.25) is 5.78 Å². The van der Waals surface area contributed by atoms with E-state index in [0.29, 0.717) is 17.9 Å². The lowest BCUT2D eigenvalue weighted by atomic mass is 10.1. The van der Waals surface area contributed by atoms with Gasteiger partial charge in [0.15, 0.2) is 0 Å². The number of ether oxygens (including phenoxy) is 1. The van der Waals surface area contributed by atoms with Gasteiger partial charge in [0.1, 0.15) is 17.2 Å². The van der Waals surface area contributed by atoms with Crippen molar-refractivity contribution in [2.24, 2.45) is 0 Å². The fourth-order valence-electron chi connectivity index (χ4n) is 2.59. The summed E-state index contributed by atoms with van der Waals surface area (Å²) in [4.78, 5) is 20.6. The van der Waals surface area contributed by atoms with Gasteiger partial charge in [-0.1, -0.05) is 29.8 Å². The molecule has 2 aromatic heterocycles. The molecule has 0 radical (unpaired) electrons. The van der Waals surface area contributed by atoms with Crippen LogP contribution in [0.25, 0.3) is 10.9 Å². The van der Waals surface area contributed by atoms with Gasteiger partial charge >= 0.3 is 0 Å². The Labute approximate surface area is 138 Å². The second kappa shape index (κ2) is 6.89. The van der Waals surface area contributed by atoms with Crippen LogP contribution in [0.1, 0.15) is 22.5 Å². The molecule has 0 N–H and O–H groups in total. The lowest BCUT2D eigenvalue weighted by molar-refractivity contribution is 0.103. The van der Waals surface area contributed by atoms with E-state index in [-0.39, 0.29) is 10.9 Å². The summed E-state index contributed by atoms with van der Waals surface area (Å²) in [5.41, 5.74) is 1.93. The number of carbonyl (C=O) groups excluding carboxylic acids is 1. The largest absolute Gasteiger partial charge is 0.385 e. The van der Waals surface area contributed by atoms with Crippen LogP contribution >= 0.6 is 11.6 Å². The minimum atomic E-state index is -0.156. The minimum absolute atomic E-state index is 0.156. The molecule has 5 nitrogen and oxygen atoms in total. The first-order valence-corrected chi connectivity index (χ1v) is 7.67. The third kappa shape index (κ3) is 3.25.